The zero-order valence-corrected chi connectivity index (χ0v) is 8.08. The van der Waals surface area contributed by atoms with Crippen LogP contribution in [-0.4, -0.2) is 12.6 Å². The molecule has 0 N–H and O–H groups in total. The van der Waals surface area contributed by atoms with Crippen molar-refractivity contribution in [2.24, 2.45) is 11.8 Å². The van der Waals surface area contributed by atoms with E-state index >= 15 is 0 Å². The zero-order valence-electron chi connectivity index (χ0n) is 8.08. The van der Waals surface area contributed by atoms with Gasteiger partial charge in [-0.15, -0.1) is 0 Å². The van der Waals surface area contributed by atoms with E-state index < -0.39 is 0 Å². The van der Waals surface area contributed by atoms with E-state index in [0.29, 0.717) is 12.3 Å². The Bertz CT molecular complexity index is 159. The molecule has 1 atom stereocenters. The number of hydrogen-bond acceptors (Lipinski definition) is 2. The highest BCUT2D eigenvalue weighted by Gasteiger charge is 2.18. The van der Waals surface area contributed by atoms with Crippen molar-refractivity contribution in [1.29, 1.82) is 0 Å². The van der Waals surface area contributed by atoms with Gasteiger partial charge >= 0.3 is 0 Å². The first-order valence-electron chi connectivity index (χ1n) is 5.25. The van der Waals surface area contributed by atoms with Gasteiger partial charge in [-0.2, -0.15) is 0 Å². The van der Waals surface area contributed by atoms with Crippen LogP contribution in [-0.2, 0) is 9.59 Å². The molecule has 0 aromatic heterocycles. The summed E-state index contributed by atoms with van der Waals surface area (Å²) in [6, 6.07) is 0. The first-order chi connectivity index (χ1) is 6.36. The van der Waals surface area contributed by atoms with Gasteiger partial charge in [0.1, 0.15) is 12.6 Å². The molecule has 0 saturated heterocycles. The maximum Gasteiger partial charge on any atom is 0.123 e. The quantitative estimate of drug-likeness (QED) is 0.612. The Morgan fingerprint density at radius 1 is 1.15 bits per heavy atom. The number of aldehydes is 2. The van der Waals surface area contributed by atoms with Crippen LogP contribution >= 0.6 is 0 Å². The predicted octanol–water partition coefficient (Wildman–Crippen LogP) is 2.36. The van der Waals surface area contributed by atoms with Crippen molar-refractivity contribution in [1.82, 2.24) is 0 Å². The van der Waals surface area contributed by atoms with Gasteiger partial charge in [0.05, 0.1) is 0 Å². The fraction of sp³-hybridized carbons (Fsp3) is 0.818. The van der Waals surface area contributed by atoms with Crippen molar-refractivity contribution in [2.75, 3.05) is 0 Å². The molecule has 0 spiro atoms. The third-order valence-corrected chi connectivity index (χ3v) is 2.95. The lowest BCUT2D eigenvalue weighted by Crippen LogP contribution is -2.13. The van der Waals surface area contributed by atoms with Crippen molar-refractivity contribution >= 4 is 12.6 Å². The van der Waals surface area contributed by atoms with Gasteiger partial charge in [0.25, 0.3) is 0 Å². The van der Waals surface area contributed by atoms with Crippen molar-refractivity contribution in [3.63, 3.8) is 0 Å². The Morgan fingerprint density at radius 2 is 1.85 bits per heavy atom. The second kappa shape index (κ2) is 5.90. The largest absolute Gasteiger partial charge is 0.303 e. The first-order valence-corrected chi connectivity index (χ1v) is 5.25. The molecule has 2 nitrogen and oxygen atoms in total. The molecule has 1 aliphatic carbocycles. The van der Waals surface area contributed by atoms with Gasteiger partial charge in [0.15, 0.2) is 0 Å². The van der Waals surface area contributed by atoms with E-state index in [-0.39, 0.29) is 5.92 Å². The molecule has 1 saturated carbocycles. The van der Waals surface area contributed by atoms with E-state index in [1.165, 1.54) is 32.1 Å². The van der Waals surface area contributed by atoms with Crippen molar-refractivity contribution in [3.8, 4) is 0 Å². The number of carbonyl (C=O) groups excluding carboxylic acids is 2. The minimum Gasteiger partial charge on any atom is -0.303 e. The van der Waals surface area contributed by atoms with E-state index in [4.69, 9.17) is 0 Å². The van der Waals surface area contributed by atoms with Crippen molar-refractivity contribution in [3.05, 3.63) is 0 Å². The van der Waals surface area contributed by atoms with Crippen LogP contribution in [0.5, 0.6) is 0 Å². The second-order valence-electron chi connectivity index (χ2n) is 4.04. The molecule has 0 heterocycles. The lowest BCUT2D eigenvalue weighted by Gasteiger charge is -2.23. The van der Waals surface area contributed by atoms with Crippen LogP contribution in [0.1, 0.15) is 44.9 Å². The monoisotopic (exact) mass is 182 g/mol. The number of carbonyl (C=O) groups is 2. The molecule has 1 aliphatic rings. The minimum absolute atomic E-state index is 0.0133. The Labute approximate surface area is 79.7 Å². The molecule has 0 amide bonds. The summed E-state index contributed by atoms with van der Waals surface area (Å²) in [5, 5.41) is 0. The van der Waals surface area contributed by atoms with Gasteiger partial charge in [0, 0.05) is 12.3 Å². The van der Waals surface area contributed by atoms with Crippen molar-refractivity contribution < 1.29 is 9.59 Å². The van der Waals surface area contributed by atoms with Crippen LogP contribution < -0.4 is 0 Å². The van der Waals surface area contributed by atoms with Gasteiger partial charge in [-0.3, -0.25) is 0 Å². The van der Waals surface area contributed by atoms with Gasteiger partial charge in [-0.25, -0.2) is 0 Å². The summed E-state index contributed by atoms with van der Waals surface area (Å²) >= 11 is 0. The summed E-state index contributed by atoms with van der Waals surface area (Å²) in [5.41, 5.74) is 0. The fourth-order valence-electron chi connectivity index (χ4n) is 2.18. The molecule has 1 fully saturated rings. The third-order valence-electron chi connectivity index (χ3n) is 2.95. The maximum absolute atomic E-state index is 10.6. The van der Waals surface area contributed by atoms with Gasteiger partial charge in [-0.05, 0) is 12.3 Å². The van der Waals surface area contributed by atoms with Crippen LogP contribution in [0.4, 0.5) is 0 Å². The molecular weight excluding hydrogens is 164 g/mol. The van der Waals surface area contributed by atoms with Crippen molar-refractivity contribution in [2.45, 2.75) is 44.9 Å². The molecule has 0 bridgehead atoms. The zero-order chi connectivity index (χ0) is 9.52. The second-order valence-corrected chi connectivity index (χ2v) is 4.04. The Morgan fingerprint density at radius 3 is 2.38 bits per heavy atom. The summed E-state index contributed by atoms with van der Waals surface area (Å²) in [4.78, 5) is 20.9. The smallest absolute Gasteiger partial charge is 0.123 e. The van der Waals surface area contributed by atoms with Crippen LogP contribution in [0.25, 0.3) is 0 Å². The molecule has 74 valence electrons. The van der Waals surface area contributed by atoms with E-state index in [1.807, 2.05) is 0 Å². The molecule has 0 radical (unpaired) electrons. The van der Waals surface area contributed by atoms with Crippen LogP contribution in [0.3, 0.4) is 0 Å². The molecule has 2 heteroatoms. The molecule has 1 unspecified atom stereocenters. The molecule has 0 aliphatic heterocycles. The topological polar surface area (TPSA) is 34.1 Å². The highest BCUT2D eigenvalue weighted by molar-refractivity contribution is 5.61. The van der Waals surface area contributed by atoms with E-state index in [1.54, 1.807) is 0 Å². The number of rotatable bonds is 5. The number of hydrogen-bond donors (Lipinski definition) is 0. The molecule has 0 aromatic rings. The minimum atomic E-state index is -0.0133. The van der Waals surface area contributed by atoms with Gasteiger partial charge in [0.2, 0.25) is 0 Å². The maximum atomic E-state index is 10.6. The fourth-order valence-corrected chi connectivity index (χ4v) is 2.18. The summed E-state index contributed by atoms with van der Waals surface area (Å²) in [6.07, 6.45) is 9.62. The summed E-state index contributed by atoms with van der Waals surface area (Å²) in [5.74, 6) is 0.685. The van der Waals surface area contributed by atoms with E-state index in [0.717, 1.165) is 19.0 Å². The Kier molecular flexibility index (Phi) is 4.73. The summed E-state index contributed by atoms with van der Waals surface area (Å²) < 4.78 is 0. The Balaban J connectivity index is 2.26. The summed E-state index contributed by atoms with van der Waals surface area (Å²) in [6.45, 7) is 0. The molecule has 1 rings (SSSR count). The normalized spacial score (nSPS) is 20.9. The standard InChI is InChI=1S/C11H18O2/c12-7-6-11(9-13)8-10-4-2-1-3-5-10/h7,9-11H,1-6,8H2. The lowest BCUT2D eigenvalue weighted by molar-refractivity contribution is -0.116. The predicted molar refractivity (Wildman–Crippen MR) is 51.4 cm³/mol. The average molecular weight is 182 g/mol. The highest BCUT2D eigenvalue weighted by atomic mass is 16.1. The average Bonchev–Trinajstić information content (AvgIpc) is 2.19. The lowest BCUT2D eigenvalue weighted by atomic mass is 9.82. The van der Waals surface area contributed by atoms with Gasteiger partial charge in [-0.1, -0.05) is 32.1 Å². The molecule has 13 heavy (non-hydrogen) atoms. The SMILES string of the molecule is O=CCC(C=O)CC1CCCCC1. The first kappa shape index (κ1) is 10.4. The molecule has 0 aromatic carbocycles. The van der Waals surface area contributed by atoms with Crippen LogP contribution in [0.2, 0.25) is 0 Å². The molecular formula is C11H18O2. The van der Waals surface area contributed by atoms with Crippen LogP contribution in [0, 0.1) is 11.8 Å². The summed E-state index contributed by atoms with van der Waals surface area (Å²) in [7, 11) is 0. The van der Waals surface area contributed by atoms with Crippen LogP contribution in [0.15, 0.2) is 0 Å². The van der Waals surface area contributed by atoms with E-state index in [2.05, 4.69) is 0 Å². The van der Waals surface area contributed by atoms with E-state index in [9.17, 15) is 9.59 Å². The third kappa shape index (κ3) is 3.71. The Hall–Kier alpha value is -0.660. The highest BCUT2D eigenvalue weighted by Crippen LogP contribution is 2.29. The van der Waals surface area contributed by atoms with Gasteiger partial charge < -0.3 is 9.59 Å².